The molecule has 0 N–H and O–H groups in total. The van der Waals surface area contributed by atoms with Gasteiger partial charge in [-0.2, -0.15) is 0 Å². The summed E-state index contributed by atoms with van der Waals surface area (Å²) in [5, 5.41) is 0. The van der Waals surface area contributed by atoms with Gasteiger partial charge in [0.25, 0.3) is 0 Å². The van der Waals surface area contributed by atoms with Crippen LogP contribution in [0.3, 0.4) is 0 Å². The molecule has 1 heterocycles. The van der Waals surface area contributed by atoms with Crippen molar-refractivity contribution >= 4 is 0 Å². The Morgan fingerprint density at radius 2 is 2.07 bits per heavy atom. The zero-order valence-electron chi connectivity index (χ0n) is 8.61. The van der Waals surface area contributed by atoms with Crippen molar-refractivity contribution in [2.75, 3.05) is 7.11 Å². The Hall–Kier alpha value is -1.22. The van der Waals surface area contributed by atoms with E-state index < -0.39 is 0 Å². The van der Waals surface area contributed by atoms with E-state index in [1.54, 1.807) is 7.11 Å². The van der Waals surface area contributed by atoms with Crippen LogP contribution in [0, 0.1) is 0 Å². The van der Waals surface area contributed by atoms with Gasteiger partial charge in [-0.25, -0.2) is 0 Å². The van der Waals surface area contributed by atoms with Crippen molar-refractivity contribution in [1.82, 2.24) is 0 Å². The standard InChI is InChI=1S/C11H14O3/c1-7-10-6-9(12-3)4-5-11(10)14-8(2)13-7/h4-8H,1-3H3. The normalized spacial score (nSPS) is 25.1. The average molecular weight is 194 g/mol. The lowest BCUT2D eigenvalue weighted by molar-refractivity contribution is -0.122. The number of hydrogen-bond donors (Lipinski definition) is 0. The molecule has 0 radical (unpaired) electrons. The zero-order chi connectivity index (χ0) is 10.1. The maximum Gasteiger partial charge on any atom is 0.197 e. The van der Waals surface area contributed by atoms with E-state index in [2.05, 4.69) is 0 Å². The third-order valence-corrected chi connectivity index (χ3v) is 2.34. The molecule has 0 aliphatic carbocycles. The Morgan fingerprint density at radius 3 is 2.79 bits per heavy atom. The fourth-order valence-corrected chi connectivity index (χ4v) is 1.65. The van der Waals surface area contributed by atoms with Gasteiger partial charge in [0.2, 0.25) is 0 Å². The molecule has 14 heavy (non-hydrogen) atoms. The van der Waals surface area contributed by atoms with Gasteiger partial charge in [-0.05, 0) is 32.0 Å². The lowest BCUT2D eigenvalue weighted by Gasteiger charge is -2.28. The first-order valence-corrected chi connectivity index (χ1v) is 4.71. The van der Waals surface area contributed by atoms with Gasteiger partial charge in [0.05, 0.1) is 13.2 Å². The van der Waals surface area contributed by atoms with Gasteiger partial charge in [0.1, 0.15) is 11.5 Å². The molecule has 1 aromatic rings. The molecule has 76 valence electrons. The first-order chi connectivity index (χ1) is 6.70. The van der Waals surface area contributed by atoms with Crippen LogP contribution in [-0.2, 0) is 4.74 Å². The van der Waals surface area contributed by atoms with Gasteiger partial charge in [-0.3, -0.25) is 0 Å². The third kappa shape index (κ3) is 1.55. The van der Waals surface area contributed by atoms with Crippen LogP contribution in [0.15, 0.2) is 18.2 Å². The van der Waals surface area contributed by atoms with Crippen molar-refractivity contribution in [3.8, 4) is 11.5 Å². The molecule has 2 rings (SSSR count). The van der Waals surface area contributed by atoms with Crippen LogP contribution in [0.25, 0.3) is 0 Å². The summed E-state index contributed by atoms with van der Waals surface area (Å²) < 4.78 is 16.2. The van der Waals surface area contributed by atoms with Crippen molar-refractivity contribution in [2.45, 2.75) is 26.2 Å². The Labute approximate surface area is 83.6 Å². The van der Waals surface area contributed by atoms with Crippen LogP contribution >= 0.6 is 0 Å². The zero-order valence-corrected chi connectivity index (χ0v) is 8.61. The van der Waals surface area contributed by atoms with E-state index in [0.29, 0.717) is 0 Å². The second kappa shape index (κ2) is 3.50. The molecule has 2 unspecified atom stereocenters. The number of benzene rings is 1. The molecule has 1 aliphatic rings. The van der Waals surface area contributed by atoms with E-state index >= 15 is 0 Å². The summed E-state index contributed by atoms with van der Waals surface area (Å²) in [6.45, 7) is 3.90. The summed E-state index contributed by atoms with van der Waals surface area (Å²) in [7, 11) is 1.65. The van der Waals surface area contributed by atoms with Gasteiger partial charge in [-0.15, -0.1) is 0 Å². The average Bonchev–Trinajstić information content (AvgIpc) is 2.17. The molecule has 0 amide bonds. The maximum absolute atomic E-state index is 5.53. The van der Waals surface area contributed by atoms with Gasteiger partial charge in [0.15, 0.2) is 6.29 Å². The SMILES string of the molecule is COc1ccc2c(c1)C(C)OC(C)O2. The Balaban J connectivity index is 2.39. The quantitative estimate of drug-likeness (QED) is 0.687. The van der Waals surface area contributed by atoms with Crippen molar-refractivity contribution in [3.05, 3.63) is 23.8 Å². The first kappa shape index (κ1) is 9.34. The number of hydrogen-bond acceptors (Lipinski definition) is 3. The molecular formula is C11H14O3. The van der Waals surface area contributed by atoms with Crippen LogP contribution in [0.5, 0.6) is 11.5 Å². The summed E-state index contributed by atoms with van der Waals surface area (Å²) >= 11 is 0. The first-order valence-electron chi connectivity index (χ1n) is 4.71. The van der Waals surface area contributed by atoms with E-state index in [0.717, 1.165) is 17.1 Å². The molecule has 2 atom stereocenters. The van der Waals surface area contributed by atoms with Gasteiger partial charge in [0, 0.05) is 5.56 Å². The second-order valence-corrected chi connectivity index (χ2v) is 3.37. The minimum atomic E-state index is -0.175. The number of fused-ring (bicyclic) bond motifs is 1. The van der Waals surface area contributed by atoms with E-state index in [1.165, 1.54) is 0 Å². The third-order valence-electron chi connectivity index (χ3n) is 2.34. The van der Waals surface area contributed by atoms with Gasteiger partial charge in [-0.1, -0.05) is 0 Å². The molecule has 0 fully saturated rings. The predicted molar refractivity (Wildman–Crippen MR) is 52.6 cm³/mol. The summed E-state index contributed by atoms with van der Waals surface area (Å²) in [4.78, 5) is 0. The fraction of sp³-hybridized carbons (Fsp3) is 0.455. The largest absolute Gasteiger partial charge is 0.497 e. The Kier molecular flexibility index (Phi) is 2.33. The minimum Gasteiger partial charge on any atom is -0.497 e. The van der Waals surface area contributed by atoms with Gasteiger partial charge < -0.3 is 14.2 Å². The Morgan fingerprint density at radius 1 is 1.29 bits per heavy atom. The molecule has 3 nitrogen and oxygen atoms in total. The molecule has 0 bridgehead atoms. The molecule has 0 aromatic heterocycles. The van der Waals surface area contributed by atoms with Crippen LogP contribution in [0.4, 0.5) is 0 Å². The van der Waals surface area contributed by atoms with Crippen molar-refractivity contribution < 1.29 is 14.2 Å². The summed E-state index contributed by atoms with van der Waals surface area (Å²) in [6, 6.07) is 5.76. The maximum atomic E-state index is 5.53. The highest BCUT2D eigenvalue weighted by Crippen LogP contribution is 2.36. The van der Waals surface area contributed by atoms with Crippen molar-refractivity contribution in [1.29, 1.82) is 0 Å². The smallest absolute Gasteiger partial charge is 0.197 e. The van der Waals surface area contributed by atoms with Crippen LogP contribution < -0.4 is 9.47 Å². The highest BCUT2D eigenvalue weighted by atomic mass is 16.7. The highest BCUT2D eigenvalue weighted by molar-refractivity contribution is 5.42. The van der Waals surface area contributed by atoms with E-state index in [4.69, 9.17) is 14.2 Å². The molecule has 0 saturated heterocycles. The minimum absolute atomic E-state index is 0.0591. The topological polar surface area (TPSA) is 27.7 Å². The van der Waals surface area contributed by atoms with E-state index in [-0.39, 0.29) is 12.4 Å². The van der Waals surface area contributed by atoms with E-state index in [1.807, 2.05) is 32.0 Å². The molecule has 1 aromatic carbocycles. The predicted octanol–water partition coefficient (Wildman–Crippen LogP) is 2.51. The fourth-order valence-electron chi connectivity index (χ4n) is 1.65. The summed E-state index contributed by atoms with van der Waals surface area (Å²) in [5.74, 6) is 1.72. The highest BCUT2D eigenvalue weighted by Gasteiger charge is 2.23. The Bertz CT molecular complexity index is 335. The molecular weight excluding hydrogens is 180 g/mol. The lowest BCUT2D eigenvalue weighted by Crippen LogP contribution is -2.24. The monoisotopic (exact) mass is 194 g/mol. The van der Waals surface area contributed by atoms with Crippen LogP contribution in [0.2, 0.25) is 0 Å². The van der Waals surface area contributed by atoms with Crippen LogP contribution in [0.1, 0.15) is 25.5 Å². The molecule has 0 saturated carbocycles. The van der Waals surface area contributed by atoms with Crippen molar-refractivity contribution in [3.63, 3.8) is 0 Å². The van der Waals surface area contributed by atoms with E-state index in [9.17, 15) is 0 Å². The summed E-state index contributed by atoms with van der Waals surface area (Å²) in [6.07, 6.45) is -0.116. The summed E-state index contributed by atoms with van der Waals surface area (Å²) in [5.41, 5.74) is 1.04. The number of methoxy groups -OCH3 is 1. The van der Waals surface area contributed by atoms with Crippen LogP contribution in [-0.4, -0.2) is 13.4 Å². The molecule has 3 heteroatoms. The number of ether oxygens (including phenoxy) is 3. The van der Waals surface area contributed by atoms with Gasteiger partial charge >= 0.3 is 0 Å². The van der Waals surface area contributed by atoms with Crippen molar-refractivity contribution in [2.24, 2.45) is 0 Å². The molecule has 1 aliphatic heterocycles. The second-order valence-electron chi connectivity index (χ2n) is 3.37. The lowest BCUT2D eigenvalue weighted by atomic mass is 10.1. The molecule has 0 spiro atoms. The number of rotatable bonds is 1.